The third kappa shape index (κ3) is 8.85. The molecule has 158 valence electrons. The molecule has 0 bridgehead atoms. The number of nitrogens with zero attached hydrogens (tertiary/aromatic N) is 1. The van der Waals surface area contributed by atoms with E-state index < -0.39 is 33.1 Å². The van der Waals surface area contributed by atoms with Gasteiger partial charge in [0.1, 0.15) is 18.8 Å². The second kappa shape index (κ2) is 10.6. The fourth-order valence-electron chi connectivity index (χ4n) is 1.85. The van der Waals surface area contributed by atoms with Crippen molar-refractivity contribution in [2.24, 2.45) is 0 Å². The van der Waals surface area contributed by atoms with Crippen LogP contribution < -0.4 is 4.74 Å². The van der Waals surface area contributed by atoms with Gasteiger partial charge in [-0.15, -0.1) is 0 Å². The van der Waals surface area contributed by atoms with Crippen molar-refractivity contribution in [3.63, 3.8) is 0 Å². The van der Waals surface area contributed by atoms with E-state index >= 15 is 0 Å². The van der Waals surface area contributed by atoms with Crippen molar-refractivity contribution in [3.05, 3.63) is 17.3 Å². The molecule has 1 aromatic heterocycles. The summed E-state index contributed by atoms with van der Waals surface area (Å²) in [5.41, 5.74) is -0.588. The number of rotatable bonds is 10. The SMILES string of the molecule is COC(=O)CCS(=O)(=O)c1ccc(OCCOCC(=O)OC(C)(C)C)c(Cl)n1. The summed E-state index contributed by atoms with van der Waals surface area (Å²) in [6.45, 7) is 5.20. The highest BCUT2D eigenvalue weighted by Gasteiger charge is 2.20. The number of methoxy groups -OCH3 is 1. The Morgan fingerprint density at radius 2 is 1.82 bits per heavy atom. The smallest absolute Gasteiger partial charge is 0.332 e. The Hall–Kier alpha value is -1.91. The van der Waals surface area contributed by atoms with Crippen LogP contribution in [0.5, 0.6) is 5.75 Å². The fourth-order valence-corrected chi connectivity index (χ4v) is 3.26. The predicted molar refractivity (Wildman–Crippen MR) is 100 cm³/mol. The Kier molecular flexibility index (Phi) is 9.12. The van der Waals surface area contributed by atoms with E-state index in [-0.39, 0.29) is 42.2 Å². The molecule has 0 aromatic carbocycles. The first-order valence-corrected chi connectivity index (χ1v) is 10.4. The number of sulfone groups is 1. The molecule has 0 saturated carbocycles. The van der Waals surface area contributed by atoms with Crippen molar-refractivity contribution in [1.29, 1.82) is 0 Å². The Morgan fingerprint density at radius 1 is 1.14 bits per heavy atom. The Labute approximate surface area is 169 Å². The minimum absolute atomic E-state index is 0.0681. The fraction of sp³-hybridized carbons (Fsp3) is 0.588. The van der Waals surface area contributed by atoms with Crippen molar-refractivity contribution >= 4 is 33.4 Å². The number of pyridine rings is 1. The van der Waals surface area contributed by atoms with Gasteiger partial charge in [-0.05, 0) is 32.9 Å². The topological polar surface area (TPSA) is 118 Å². The zero-order valence-corrected chi connectivity index (χ0v) is 17.8. The number of ether oxygens (including phenoxy) is 4. The van der Waals surface area contributed by atoms with E-state index in [0.717, 1.165) is 0 Å². The molecule has 1 heterocycles. The first-order valence-electron chi connectivity index (χ1n) is 8.33. The van der Waals surface area contributed by atoms with Crippen LogP contribution in [0.1, 0.15) is 27.2 Å². The van der Waals surface area contributed by atoms with Crippen LogP contribution >= 0.6 is 11.6 Å². The Bertz CT molecular complexity index is 789. The molecule has 0 aliphatic heterocycles. The summed E-state index contributed by atoms with van der Waals surface area (Å²) in [5, 5.41) is -0.416. The van der Waals surface area contributed by atoms with E-state index in [1.807, 2.05) is 0 Å². The molecule has 0 N–H and O–H groups in total. The van der Waals surface area contributed by atoms with E-state index in [2.05, 4.69) is 9.72 Å². The van der Waals surface area contributed by atoms with Gasteiger partial charge in [0.25, 0.3) is 0 Å². The van der Waals surface area contributed by atoms with Crippen LogP contribution in [0.15, 0.2) is 17.2 Å². The average Bonchev–Trinajstić information content (AvgIpc) is 2.59. The number of carbonyl (C=O) groups excluding carboxylic acids is 2. The second-order valence-electron chi connectivity index (χ2n) is 6.57. The minimum atomic E-state index is -3.79. The normalized spacial score (nSPS) is 11.8. The maximum atomic E-state index is 12.1. The third-order valence-corrected chi connectivity index (χ3v) is 4.91. The molecule has 0 amide bonds. The molecule has 0 unspecified atom stereocenters. The van der Waals surface area contributed by atoms with Crippen molar-refractivity contribution in [2.45, 2.75) is 37.8 Å². The number of hydrogen-bond acceptors (Lipinski definition) is 9. The number of aromatic nitrogens is 1. The van der Waals surface area contributed by atoms with Gasteiger partial charge in [0.15, 0.2) is 25.8 Å². The van der Waals surface area contributed by atoms with E-state index in [4.69, 9.17) is 25.8 Å². The van der Waals surface area contributed by atoms with E-state index in [1.54, 1.807) is 20.8 Å². The number of carbonyl (C=O) groups is 2. The van der Waals surface area contributed by atoms with Crippen LogP contribution in [-0.2, 0) is 33.6 Å². The van der Waals surface area contributed by atoms with Crippen molar-refractivity contribution in [1.82, 2.24) is 4.98 Å². The lowest BCUT2D eigenvalue weighted by atomic mass is 10.2. The highest BCUT2D eigenvalue weighted by Crippen LogP contribution is 2.24. The molecule has 28 heavy (non-hydrogen) atoms. The molecular weight excluding hydrogens is 414 g/mol. The number of esters is 2. The van der Waals surface area contributed by atoms with Gasteiger partial charge in [-0.3, -0.25) is 4.79 Å². The summed E-state index contributed by atoms with van der Waals surface area (Å²) in [6, 6.07) is 2.59. The van der Waals surface area contributed by atoms with E-state index in [0.29, 0.717) is 0 Å². The molecule has 0 spiro atoms. The molecule has 1 rings (SSSR count). The first-order chi connectivity index (χ1) is 12.9. The Balaban J connectivity index is 2.50. The molecule has 9 nitrogen and oxygen atoms in total. The molecule has 0 saturated heterocycles. The van der Waals surface area contributed by atoms with Gasteiger partial charge < -0.3 is 18.9 Å². The summed E-state index contributed by atoms with van der Waals surface area (Å²) >= 11 is 5.95. The van der Waals surface area contributed by atoms with E-state index in [1.165, 1.54) is 19.2 Å². The summed E-state index contributed by atoms with van der Waals surface area (Å²) < 4.78 is 44.3. The average molecular weight is 438 g/mol. The lowest BCUT2D eigenvalue weighted by molar-refractivity contribution is -0.160. The molecule has 1 aromatic rings. The van der Waals surface area contributed by atoms with Crippen molar-refractivity contribution < 1.29 is 37.0 Å². The molecule has 0 aliphatic rings. The monoisotopic (exact) mass is 437 g/mol. The van der Waals surface area contributed by atoms with Gasteiger partial charge in [0, 0.05) is 0 Å². The maximum Gasteiger partial charge on any atom is 0.332 e. The summed E-state index contributed by atoms with van der Waals surface area (Å²) in [5.74, 6) is -1.41. The van der Waals surface area contributed by atoms with Gasteiger partial charge in [-0.25, -0.2) is 18.2 Å². The summed E-state index contributed by atoms with van der Waals surface area (Å²) in [7, 11) is -2.61. The number of halogens is 1. The van der Waals surface area contributed by atoms with Crippen molar-refractivity contribution in [2.75, 3.05) is 32.7 Å². The van der Waals surface area contributed by atoms with Crippen LogP contribution in [0.4, 0.5) is 0 Å². The Morgan fingerprint density at radius 3 is 2.39 bits per heavy atom. The lowest BCUT2D eigenvalue weighted by Crippen LogP contribution is -2.27. The maximum absolute atomic E-state index is 12.1. The first kappa shape index (κ1) is 24.1. The highest BCUT2D eigenvalue weighted by molar-refractivity contribution is 7.91. The van der Waals surface area contributed by atoms with Crippen LogP contribution in [0.25, 0.3) is 0 Å². The molecule has 11 heteroatoms. The zero-order valence-electron chi connectivity index (χ0n) is 16.2. The quantitative estimate of drug-likeness (QED) is 0.306. The van der Waals surface area contributed by atoms with Crippen LogP contribution in [-0.4, -0.2) is 63.6 Å². The molecule has 0 atom stereocenters. The van der Waals surface area contributed by atoms with Gasteiger partial charge in [0.05, 0.1) is 25.9 Å². The van der Waals surface area contributed by atoms with Crippen LogP contribution in [0.3, 0.4) is 0 Å². The molecule has 0 fully saturated rings. The minimum Gasteiger partial charge on any atom is -0.488 e. The van der Waals surface area contributed by atoms with Crippen LogP contribution in [0, 0.1) is 0 Å². The molecular formula is C17H24ClNO8S. The summed E-state index contributed by atoms with van der Waals surface area (Å²) in [4.78, 5) is 26.4. The highest BCUT2D eigenvalue weighted by atomic mass is 35.5. The standard InChI is InChI=1S/C17H24ClNO8S/c1-17(2,3)27-15(21)11-25-8-9-26-12-5-6-13(19-16(12)18)28(22,23)10-7-14(20)24-4/h5-6H,7-11H2,1-4H3. The zero-order chi connectivity index (χ0) is 21.4. The number of hydrogen-bond donors (Lipinski definition) is 0. The molecule has 0 radical (unpaired) electrons. The van der Waals surface area contributed by atoms with Gasteiger partial charge in [-0.1, -0.05) is 11.6 Å². The van der Waals surface area contributed by atoms with E-state index in [9.17, 15) is 18.0 Å². The van der Waals surface area contributed by atoms with Crippen LogP contribution in [0.2, 0.25) is 5.15 Å². The predicted octanol–water partition coefficient (Wildman–Crippen LogP) is 1.81. The summed E-state index contributed by atoms with van der Waals surface area (Å²) in [6.07, 6.45) is -0.286. The second-order valence-corrected chi connectivity index (χ2v) is 8.98. The van der Waals surface area contributed by atoms with Gasteiger partial charge >= 0.3 is 11.9 Å². The van der Waals surface area contributed by atoms with Crippen molar-refractivity contribution in [3.8, 4) is 5.75 Å². The van der Waals surface area contributed by atoms with Gasteiger partial charge in [-0.2, -0.15) is 0 Å². The molecule has 0 aliphatic carbocycles. The third-order valence-electron chi connectivity index (χ3n) is 3.04. The largest absolute Gasteiger partial charge is 0.488 e. The van der Waals surface area contributed by atoms with Gasteiger partial charge in [0.2, 0.25) is 0 Å². The lowest BCUT2D eigenvalue weighted by Gasteiger charge is -2.19.